The number of hydrazone groups is 1. The molecule has 0 aliphatic rings. The molecule has 0 fully saturated rings. The summed E-state index contributed by atoms with van der Waals surface area (Å²) in [6.07, 6.45) is 1.23. The van der Waals surface area contributed by atoms with E-state index >= 15 is 0 Å². The third-order valence-electron chi connectivity index (χ3n) is 3.18. The van der Waals surface area contributed by atoms with Crippen LogP contribution < -0.4 is 0 Å². The third-order valence-corrected chi connectivity index (χ3v) is 3.18. The highest BCUT2D eigenvalue weighted by Gasteiger charge is 2.15. The molecule has 0 bridgehead atoms. The maximum Gasteiger partial charge on any atom is 0.340 e. The normalized spacial score (nSPS) is 10.7. The van der Waals surface area contributed by atoms with Crippen LogP contribution in [-0.4, -0.2) is 37.3 Å². The van der Waals surface area contributed by atoms with Gasteiger partial charge in [0.15, 0.2) is 0 Å². The molecule has 2 rings (SSSR count). The number of ether oxygens (including phenoxy) is 1. The molecule has 24 heavy (non-hydrogen) atoms. The lowest BCUT2D eigenvalue weighted by Gasteiger charge is -2.11. The average molecular weight is 332 g/mol. The molecule has 1 amide bonds. The van der Waals surface area contributed by atoms with Gasteiger partial charge < -0.3 is 4.74 Å². The number of hydrogen-bond donors (Lipinski definition) is 0. The van der Waals surface area contributed by atoms with Gasteiger partial charge in [-0.15, -0.1) is 0 Å². The monoisotopic (exact) mass is 332 g/mol. The molecule has 0 saturated carbocycles. The quantitative estimate of drug-likeness (QED) is 0.491. The number of methoxy groups -OCH3 is 1. The summed E-state index contributed by atoms with van der Waals surface area (Å²) in [5.74, 6) is -2.86. The van der Waals surface area contributed by atoms with Crippen molar-refractivity contribution in [1.29, 1.82) is 0 Å². The van der Waals surface area contributed by atoms with Crippen molar-refractivity contribution in [3.8, 4) is 0 Å². The Labute approximate surface area is 137 Å². The number of amides is 1. The van der Waals surface area contributed by atoms with Crippen LogP contribution in [0.5, 0.6) is 0 Å². The number of halogens is 2. The lowest BCUT2D eigenvalue weighted by Crippen LogP contribution is -2.22. The van der Waals surface area contributed by atoms with Crippen LogP contribution in [-0.2, 0) is 4.74 Å². The fourth-order valence-corrected chi connectivity index (χ4v) is 1.90. The second-order valence-electron chi connectivity index (χ2n) is 4.78. The first kappa shape index (κ1) is 17.3. The van der Waals surface area contributed by atoms with Gasteiger partial charge in [0.25, 0.3) is 5.91 Å². The van der Waals surface area contributed by atoms with E-state index in [0.29, 0.717) is 5.56 Å². The smallest absolute Gasteiger partial charge is 0.340 e. The van der Waals surface area contributed by atoms with Crippen LogP contribution in [0.3, 0.4) is 0 Å². The number of carbonyl (C=O) groups excluding carboxylic acids is 2. The molecule has 0 spiro atoms. The zero-order valence-electron chi connectivity index (χ0n) is 13.0. The first-order valence-electron chi connectivity index (χ1n) is 6.88. The summed E-state index contributed by atoms with van der Waals surface area (Å²) in [4.78, 5) is 23.4. The predicted molar refractivity (Wildman–Crippen MR) is 83.8 cm³/mol. The molecule has 0 radical (unpaired) electrons. The molecule has 0 atom stereocenters. The maximum absolute atomic E-state index is 13.8. The zero-order chi connectivity index (χ0) is 17.7. The summed E-state index contributed by atoms with van der Waals surface area (Å²) >= 11 is 0. The Kier molecular flexibility index (Phi) is 5.36. The second kappa shape index (κ2) is 7.45. The maximum atomic E-state index is 13.8. The van der Waals surface area contributed by atoms with Gasteiger partial charge >= 0.3 is 5.97 Å². The van der Waals surface area contributed by atoms with Crippen molar-refractivity contribution in [3.63, 3.8) is 0 Å². The van der Waals surface area contributed by atoms with Crippen LogP contribution in [0, 0.1) is 11.6 Å². The standard InChI is InChI=1S/C17H14F2N2O3/c1-21(16(22)12-5-3-4-6-14(12)18)20-10-11-7-8-13(15(19)9-11)17(23)24-2/h3-10H,1-2H3/b20-10+. The van der Waals surface area contributed by atoms with Gasteiger partial charge in [-0.1, -0.05) is 18.2 Å². The van der Waals surface area contributed by atoms with E-state index in [2.05, 4.69) is 9.84 Å². The van der Waals surface area contributed by atoms with Crippen LogP contribution in [0.25, 0.3) is 0 Å². The number of carbonyl (C=O) groups is 2. The summed E-state index contributed by atoms with van der Waals surface area (Å²) in [5.41, 5.74) is 0.00291. The summed E-state index contributed by atoms with van der Waals surface area (Å²) < 4.78 is 31.8. The van der Waals surface area contributed by atoms with Crippen LogP contribution in [0.4, 0.5) is 8.78 Å². The number of hydrogen-bond acceptors (Lipinski definition) is 4. The Hall–Kier alpha value is -3.09. The van der Waals surface area contributed by atoms with E-state index in [9.17, 15) is 18.4 Å². The van der Waals surface area contributed by atoms with Crippen LogP contribution >= 0.6 is 0 Å². The molecule has 0 unspecified atom stereocenters. The van der Waals surface area contributed by atoms with E-state index in [4.69, 9.17) is 0 Å². The molecular formula is C17H14F2N2O3. The SMILES string of the molecule is COC(=O)c1ccc(/C=N/N(C)C(=O)c2ccccc2F)cc1F. The molecule has 7 heteroatoms. The summed E-state index contributed by atoms with van der Waals surface area (Å²) in [7, 11) is 2.50. The van der Waals surface area contributed by atoms with Crippen LogP contribution in [0.2, 0.25) is 0 Å². The molecule has 0 heterocycles. The lowest BCUT2D eigenvalue weighted by atomic mass is 10.1. The Morgan fingerprint density at radius 1 is 1.08 bits per heavy atom. The molecule has 0 saturated heterocycles. The van der Waals surface area contributed by atoms with E-state index in [1.165, 1.54) is 49.7 Å². The number of nitrogens with zero attached hydrogens (tertiary/aromatic N) is 2. The molecule has 2 aromatic carbocycles. The Bertz CT molecular complexity index is 806. The third kappa shape index (κ3) is 3.81. The summed E-state index contributed by atoms with van der Waals surface area (Å²) in [5, 5.41) is 4.79. The molecule has 5 nitrogen and oxygen atoms in total. The second-order valence-corrected chi connectivity index (χ2v) is 4.78. The van der Waals surface area contributed by atoms with Gasteiger partial charge in [0.05, 0.1) is 24.5 Å². The van der Waals surface area contributed by atoms with Crippen LogP contribution in [0.15, 0.2) is 47.6 Å². The first-order valence-corrected chi connectivity index (χ1v) is 6.88. The van der Waals surface area contributed by atoms with Gasteiger partial charge in [-0.25, -0.2) is 18.6 Å². The van der Waals surface area contributed by atoms with E-state index in [-0.39, 0.29) is 11.1 Å². The molecule has 0 aliphatic heterocycles. The molecule has 0 aliphatic carbocycles. The van der Waals surface area contributed by atoms with Crippen molar-refractivity contribution >= 4 is 18.1 Å². The van der Waals surface area contributed by atoms with Gasteiger partial charge in [-0.3, -0.25) is 4.79 Å². The minimum absolute atomic E-state index is 0.121. The largest absolute Gasteiger partial charge is 0.465 e. The number of benzene rings is 2. The highest BCUT2D eigenvalue weighted by molar-refractivity contribution is 5.95. The molecule has 124 valence electrons. The predicted octanol–water partition coefficient (Wildman–Crippen LogP) is 2.86. The number of rotatable bonds is 4. The van der Waals surface area contributed by atoms with Crippen molar-refractivity contribution in [3.05, 3.63) is 70.8 Å². The Balaban J connectivity index is 2.16. The molecule has 2 aromatic rings. The highest BCUT2D eigenvalue weighted by Crippen LogP contribution is 2.12. The fraction of sp³-hybridized carbons (Fsp3) is 0.118. The van der Waals surface area contributed by atoms with Crippen molar-refractivity contribution in [2.24, 2.45) is 5.10 Å². The van der Waals surface area contributed by atoms with Crippen molar-refractivity contribution in [2.75, 3.05) is 14.2 Å². The van der Waals surface area contributed by atoms with Gasteiger partial charge in [-0.05, 0) is 29.8 Å². The summed E-state index contributed by atoms with van der Waals surface area (Å²) in [6.45, 7) is 0. The van der Waals surface area contributed by atoms with Crippen LogP contribution in [0.1, 0.15) is 26.3 Å². The van der Waals surface area contributed by atoms with Crippen molar-refractivity contribution in [1.82, 2.24) is 5.01 Å². The van der Waals surface area contributed by atoms with E-state index < -0.39 is 23.5 Å². The Morgan fingerprint density at radius 2 is 1.79 bits per heavy atom. The molecule has 0 N–H and O–H groups in total. The van der Waals surface area contributed by atoms with Crippen molar-refractivity contribution in [2.45, 2.75) is 0 Å². The van der Waals surface area contributed by atoms with Gasteiger partial charge in [0, 0.05) is 7.05 Å². The first-order chi connectivity index (χ1) is 11.4. The summed E-state index contributed by atoms with van der Waals surface area (Å²) in [6, 6.07) is 9.30. The Morgan fingerprint density at radius 3 is 2.42 bits per heavy atom. The van der Waals surface area contributed by atoms with Crippen molar-refractivity contribution < 1.29 is 23.1 Å². The van der Waals surface area contributed by atoms with Gasteiger partial charge in [-0.2, -0.15) is 5.10 Å². The lowest BCUT2D eigenvalue weighted by molar-refractivity contribution is 0.0595. The van der Waals surface area contributed by atoms with Gasteiger partial charge in [0.2, 0.25) is 0 Å². The zero-order valence-corrected chi connectivity index (χ0v) is 13.0. The average Bonchev–Trinajstić information content (AvgIpc) is 2.59. The number of esters is 1. The minimum atomic E-state index is -0.789. The molecule has 0 aromatic heterocycles. The fourth-order valence-electron chi connectivity index (χ4n) is 1.90. The minimum Gasteiger partial charge on any atom is -0.465 e. The highest BCUT2D eigenvalue weighted by atomic mass is 19.1. The van der Waals surface area contributed by atoms with E-state index in [1.54, 1.807) is 0 Å². The topological polar surface area (TPSA) is 59.0 Å². The van der Waals surface area contributed by atoms with E-state index in [0.717, 1.165) is 18.2 Å². The van der Waals surface area contributed by atoms with Gasteiger partial charge in [0.1, 0.15) is 11.6 Å². The van der Waals surface area contributed by atoms with E-state index in [1.807, 2.05) is 0 Å². The molecular weight excluding hydrogens is 318 g/mol.